The maximum Gasteiger partial charge on any atom is 0.290 e. The maximum atomic E-state index is 12.5. The number of aromatic nitrogens is 6. The number of ether oxygens (including phenoxy) is 1. The molecule has 1 aliphatic carbocycles. The monoisotopic (exact) mass is 412 g/mol. The third kappa shape index (κ3) is 4.03. The highest BCUT2D eigenvalue weighted by molar-refractivity contribution is 5.49. The molecule has 1 saturated carbocycles. The van der Waals surface area contributed by atoms with Crippen LogP contribution in [0, 0.1) is 5.92 Å². The fourth-order valence-electron chi connectivity index (χ4n) is 3.76. The van der Waals surface area contributed by atoms with Crippen LogP contribution in [0.5, 0.6) is 5.88 Å². The summed E-state index contributed by atoms with van der Waals surface area (Å²) in [6.45, 7) is 1.03. The fourth-order valence-corrected chi connectivity index (χ4v) is 3.76. The van der Waals surface area contributed by atoms with E-state index in [9.17, 15) is 4.79 Å². The fraction of sp³-hybridized carbons (Fsp3) is 0.500. The van der Waals surface area contributed by atoms with Gasteiger partial charge in [0.1, 0.15) is 11.5 Å². The highest BCUT2D eigenvalue weighted by Gasteiger charge is 2.40. The van der Waals surface area contributed by atoms with Gasteiger partial charge in [0.25, 0.3) is 5.56 Å². The van der Waals surface area contributed by atoms with Gasteiger partial charge in [0.2, 0.25) is 5.88 Å². The van der Waals surface area contributed by atoms with Crippen molar-refractivity contribution < 1.29 is 4.74 Å². The summed E-state index contributed by atoms with van der Waals surface area (Å²) in [7, 11) is 9.38. The first-order chi connectivity index (χ1) is 14.3. The van der Waals surface area contributed by atoms with Crippen LogP contribution in [0.1, 0.15) is 23.6 Å². The summed E-state index contributed by atoms with van der Waals surface area (Å²) in [5.74, 6) is 2.28. The zero-order valence-electron chi connectivity index (χ0n) is 18.0. The molecule has 0 aromatic carbocycles. The van der Waals surface area contributed by atoms with Crippen LogP contribution in [0.15, 0.2) is 29.3 Å². The lowest BCUT2D eigenvalue weighted by atomic mass is 10.2. The zero-order valence-corrected chi connectivity index (χ0v) is 18.0. The van der Waals surface area contributed by atoms with E-state index in [4.69, 9.17) is 4.74 Å². The lowest BCUT2D eigenvalue weighted by molar-refractivity contribution is 0.278. The van der Waals surface area contributed by atoms with E-state index in [1.807, 2.05) is 48.7 Å². The average molecular weight is 412 g/mol. The van der Waals surface area contributed by atoms with E-state index in [0.717, 1.165) is 23.5 Å². The van der Waals surface area contributed by atoms with Crippen LogP contribution in [-0.2, 0) is 27.7 Å². The van der Waals surface area contributed by atoms with Crippen LogP contribution in [-0.4, -0.2) is 50.0 Å². The Labute approximate surface area is 175 Å². The molecule has 0 saturated heterocycles. The Balaban J connectivity index is 1.41. The second-order valence-corrected chi connectivity index (χ2v) is 8.02. The lowest BCUT2D eigenvalue weighted by Crippen LogP contribution is -2.24. The molecule has 1 N–H and O–H groups in total. The highest BCUT2D eigenvalue weighted by atomic mass is 16.5. The third-order valence-electron chi connectivity index (χ3n) is 5.40. The van der Waals surface area contributed by atoms with Gasteiger partial charge in [-0.15, -0.1) is 5.10 Å². The number of nitrogens with one attached hydrogen (secondary N) is 1. The molecule has 0 bridgehead atoms. The molecule has 3 aromatic rings. The zero-order chi connectivity index (χ0) is 21.4. The molecule has 0 unspecified atom stereocenters. The smallest absolute Gasteiger partial charge is 0.290 e. The van der Waals surface area contributed by atoms with Gasteiger partial charge in [0, 0.05) is 71.4 Å². The predicted octanol–water partition coefficient (Wildman–Crippen LogP) is 1.11. The maximum absolute atomic E-state index is 12.5. The summed E-state index contributed by atoms with van der Waals surface area (Å²) < 4.78 is 10.8. The standard InChI is InChI=1S/C20H28N8O2/c1-25(2)19-14(11-22-27(19)4)10-21-17-9-18(24-28(5)20(17)29)30-12-13-8-15(13)16-6-7-26(3)23-16/h6-7,9,11,13,15,21H,8,10,12H2,1-5H3/t13-,15+/m1/s1. The molecule has 3 heterocycles. The van der Waals surface area contributed by atoms with Gasteiger partial charge in [-0.25, -0.2) is 4.68 Å². The first kappa shape index (κ1) is 20.0. The van der Waals surface area contributed by atoms with Gasteiger partial charge in [-0.1, -0.05) is 0 Å². The van der Waals surface area contributed by atoms with E-state index >= 15 is 0 Å². The summed E-state index contributed by atoms with van der Waals surface area (Å²) in [5.41, 5.74) is 2.36. The van der Waals surface area contributed by atoms with Gasteiger partial charge in [-0.2, -0.15) is 10.2 Å². The molecule has 1 aliphatic rings. The van der Waals surface area contributed by atoms with Crippen molar-refractivity contribution in [1.82, 2.24) is 29.3 Å². The van der Waals surface area contributed by atoms with E-state index in [-0.39, 0.29) is 5.56 Å². The summed E-state index contributed by atoms with van der Waals surface area (Å²) in [6.07, 6.45) is 4.82. The third-order valence-corrected chi connectivity index (χ3v) is 5.40. The van der Waals surface area contributed by atoms with Crippen molar-refractivity contribution in [2.75, 3.05) is 30.9 Å². The Morgan fingerprint density at radius 2 is 2.03 bits per heavy atom. The van der Waals surface area contributed by atoms with Crippen molar-refractivity contribution >= 4 is 11.5 Å². The van der Waals surface area contributed by atoms with E-state index in [1.54, 1.807) is 19.3 Å². The molecule has 10 nitrogen and oxygen atoms in total. The average Bonchev–Trinajstić information content (AvgIpc) is 3.18. The Morgan fingerprint density at radius 1 is 1.23 bits per heavy atom. The lowest BCUT2D eigenvalue weighted by Gasteiger charge is -2.16. The van der Waals surface area contributed by atoms with E-state index in [2.05, 4.69) is 26.7 Å². The minimum Gasteiger partial charge on any atom is -0.476 e. The summed E-state index contributed by atoms with van der Waals surface area (Å²) >= 11 is 0. The number of nitrogens with zero attached hydrogens (tertiary/aromatic N) is 7. The van der Waals surface area contributed by atoms with E-state index in [0.29, 0.717) is 36.6 Å². The van der Waals surface area contributed by atoms with Crippen molar-refractivity contribution in [2.45, 2.75) is 18.9 Å². The SMILES string of the molecule is CN(C)c1c(CNc2cc(OC[C@H]3C[C@@H]3c3ccn(C)n3)nn(C)c2=O)cnn1C. The molecule has 0 aliphatic heterocycles. The normalized spacial score (nSPS) is 17.8. The van der Waals surface area contributed by atoms with Crippen LogP contribution in [0.4, 0.5) is 11.5 Å². The molecule has 1 fully saturated rings. The molecule has 0 spiro atoms. The van der Waals surface area contributed by atoms with Crippen molar-refractivity contribution in [3.8, 4) is 5.88 Å². The second-order valence-electron chi connectivity index (χ2n) is 8.02. The molecule has 3 aromatic heterocycles. The molecule has 2 atom stereocenters. The van der Waals surface area contributed by atoms with Gasteiger partial charge in [-0.05, 0) is 12.5 Å². The number of rotatable bonds is 8. The van der Waals surface area contributed by atoms with Crippen LogP contribution >= 0.6 is 0 Å². The topological polar surface area (TPSA) is 95.0 Å². The minimum absolute atomic E-state index is 0.199. The molecule has 30 heavy (non-hydrogen) atoms. The first-order valence-electron chi connectivity index (χ1n) is 9.96. The van der Waals surface area contributed by atoms with Crippen LogP contribution in [0.3, 0.4) is 0 Å². The predicted molar refractivity (Wildman–Crippen MR) is 114 cm³/mol. The molecule has 4 rings (SSSR count). The first-order valence-corrected chi connectivity index (χ1v) is 9.96. The molecule has 10 heteroatoms. The van der Waals surface area contributed by atoms with Gasteiger partial charge >= 0.3 is 0 Å². The Kier molecular flexibility index (Phi) is 5.23. The molecular weight excluding hydrogens is 384 g/mol. The Bertz CT molecular complexity index is 1100. The molecule has 0 amide bonds. The number of hydrogen-bond acceptors (Lipinski definition) is 7. The summed E-state index contributed by atoms with van der Waals surface area (Å²) in [5, 5.41) is 16.2. The van der Waals surface area contributed by atoms with Crippen molar-refractivity contribution in [2.24, 2.45) is 27.1 Å². The molecule has 160 valence electrons. The van der Waals surface area contributed by atoms with E-state index in [1.165, 1.54) is 4.68 Å². The minimum atomic E-state index is -0.199. The van der Waals surface area contributed by atoms with E-state index < -0.39 is 0 Å². The van der Waals surface area contributed by atoms with Gasteiger partial charge in [-0.3, -0.25) is 14.2 Å². The molecule has 0 radical (unpaired) electrons. The largest absolute Gasteiger partial charge is 0.476 e. The summed E-state index contributed by atoms with van der Waals surface area (Å²) in [6, 6.07) is 3.73. The second kappa shape index (κ2) is 7.85. The quantitative estimate of drug-likeness (QED) is 0.592. The van der Waals surface area contributed by atoms with Crippen LogP contribution < -0.4 is 20.5 Å². The highest BCUT2D eigenvalue weighted by Crippen LogP contribution is 2.46. The number of anilines is 2. The van der Waals surface area contributed by atoms with Gasteiger partial charge < -0.3 is 15.0 Å². The Morgan fingerprint density at radius 3 is 2.73 bits per heavy atom. The van der Waals surface area contributed by atoms with Crippen LogP contribution in [0.25, 0.3) is 0 Å². The van der Waals surface area contributed by atoms with Crippen molar-refractivity contribution in [3.63, 3.8) is 0 Å². The molecular formula is C20H28N8O2. The number of aryl methyl sites for hydroxylation is 3. The van der Waals surface area contributed by atoms with Gasteiger partial charge in [0.15, 0.2) is 0 Å². The number of hydrogen-bond donors (Lipinski definition) is 1. The van der Waals surface area contributed by atoms with Crippen molar-refractivity contribution in [3.05, 3.63) is 46.1 Å². The Hall–Kier alpha value is -3.30. The van der Waals surface area contributed by atoms with Gasteiger partial charge in [0.05, 0.1) is 18.5 Å². The summed E-state index contributed by atoms with van der Waals surface area (Å²) in [4.78, 5) is 14.5. The van der Waals surface area contributed by atoms with Crippen LogP contribution in [0.2, 0.25) is 0 Å². The van der Waals surface area contributed by atoms with Crippen molar-refractivity contribution in [1.29, 1.82) is 0 Å².